The zero-order chi connectivity index (χ0) is 18.5. The van der Waals surface area contributed by atoms with Crippen LogP contribution in [0.4, 0.5) is 11.5 Å². The number of primary amides is 1. The van der Waals surface area contributed by atoms with E-state index < -0.39 is 5.91 Å². The summed E-state index contributed by atoms with van der Waals surface area (Å²) >= 11 is 0. The summed E-state index contributed by atoms with van der Waals surface area (Å²) in [6.07, 6.45) is 3.35. The first kappa shape index (κ1) is 17.6. The number of benzene rings is 2. The van der Waals surface area contributed by atoms with Gasteiger partial charge in [-0.25, -0.2) is 9.97 Å². The topological polar surface area (TPSA) is 84.1 Å². The molecule has 0 spiro atoms. The maximum Gasteiger partial charge on any atom is 0.249 e. The Balaban J connectivity index is 2.05. The molecule has 0 aliphatic rings. The summed E-state index contributed by atoms with van der Waals surface area (Å²) in [5.41, 5.74) is 8.53. The van der Waals surface area contributed by atoms with Crippen LogP contribution in [0.5, 0.6) is 0 Å². The van der Waals surface area contributed by atoms with Gasteiger partial charge in [0.15, 0.2) is 0 Å². The minimum Gasteiger partial charge on any atom is -0.366 e. The summed E-state index contributed by atoms with van der Waals surface area (Å²) in [7, 11) is 3.87. The number of anilines is 2. The molecular formula is C20H21N5O. The summed E-state index contributed by atoms with van der Waals surface area (Å²) in [5.74, 6) is 0.222. The third-order valence-electron chi connectivity index (χ3n) is 3.91. The van der Waals surface area contributed by atoms with Gasteiger partial charge in [0.2, 0.25) is 5.91 Å². The summed E-state index contributed by atoms with van der Waals surface area (Å²) in [6, 6.07) is 15.4. The lowest BCUT2D eigenvalue weighted by Crippen LogP contribution is -2.17. The van der Waals surface area contributed by atoms with Gasteiger partial charge in [0.1, 0.15) is 12.1 Å². The number of nitrogens with zero attached hydrogens (tertiary/aromatic N) is 3. The van der Waals surface area contributed by atoms with Crippen LogP contribution >= 0.6 is 0 Å². The van der Waals surface area contributed by atoms with Crippen LogP contribution in [-0.2, 0) is 4.79 Å². The van der Waals surface area contributed by atoms with Gasteiger partial charge in [0, 0.05) is 23.2 Å². The van der Waals surface area contributed by atoms with Crippen molar-refractivity contribution in [1.29, 1.82) is 0 Å². The second-order valence-corrected chi connectivity index (χ2v) is 6.19. The number of fused-ring (bicyclic) bond motifs is 1. The van der Waals surface area contributed by atoms with Crippen LogP contribution < -0.4 is 11.1 Å². The standard InChI is InChI=1S/C20H21N5O/c1-25(2)11-10-16(19(21)26)14-8-9-18-17(12-14)20(23-13-22-18)24-15-6-4-3-5-7-15/h3-10,12-13H,11H2,1-2H3,(H2,21,26)(H,22,23,24). The number of aromatic nitrogens is 2. The van der Waals surface area contributed by atoms with Crippen LogP contribution in [0, 0.1) is 0 Å². The molecule has 3 rings (SSSR count). The van der Waals surface area contributed by atoms with E-state index in [4.69, 9.17) is 5.73 Å². The fourth-order valence-electron chi connectivity index (χ4n) is 2.62. The van der Waals surface area contributed by atoms with E-state index in [2.05, 4.69) is 15.3 Å². The molecule has 0 aliphatic carbocycles. The Hall–Kier alpha value is -3.25. The molecule has 0 aliphatic heterocycles. The number of nitrogens with two attached hydrogens (primary N) is 1. The zero-order valence-electron chi connectivity index (χ0n) is 14.8. The van der Waals surface area contributed by atoms with Crippen molar-refractivity contribution >= 4 is 33.9 Å². The van der Waals surface area contributed by atoms with E-state index in [1.165, 1.54) is 6.33 Å². The average molecular weight is 347 g/mol. The fourth-order valence-corrected chi connectivity index (χ4v) is 2.62. The van der Waals surface area contributed by atoms with Crippen LogP contribution in [-0.4, -0.2) is 41.4 Å². The third-order valence-corrected chi connectivity index (χ3v) is 3.91. The number of likely N-dealkylation sites (N-methyl/N-ethyl adjacent to an activating group) is 1. The Morgan fingerprint density at radius 3 is 2.62 bits per heavy atom. The summed E-state index contributed by atoms with van der Waals surface area (Å²) in [4.78, 5) is 22.5. The van der Waals surface area contributed by atoms with Crippen molar-refractivity contribution in [2.45, 2.75) is 0 Å². The second-order valence-electron chi connectivity index (χ2n) is 6.19. The molecular weight excluding hydrogens is 326 g/mol. The highest BCUT2D eigenvalue weighted by Crippen LogP contribution is 2.26. The molecule has 0 saturated heterocycles. The Morgan fingerprint density at radius 2 is 1.92 bits per heavy atom. The van der Waals surface area contributed by atoms with Gasteiger partial charge in [-0.15, -0.1) is 0 Å². The highest BCUT2D eigenvalue weighted by atomic mass is 16.1. The van der Waals surface area contributed by atoms with Crippen molar-refractivity contribution in [3.63, 3.8) is 0 Å². The molecule has 1 heterocycles. The third kappa shape index (κ3) is 4.04. The number of rotatable bonds is 6. The van der Waals surface area contributed by atoms with E-state index in [0.717, 1.165) is 22.2 Å². The van der Waals surface area contributed by atoms with Gasteiger partial charge in [-0.1, -0.05) is 30.3 Å². The number of hydrogen-bond acceptors (Lipinski definition) is 5. The first-order valence-electron chi connectivity index (χ1n) is 8.26. The van der Waals surface area contributed by atoms with Gasteiger partial charge in [0.25, 0.3) is 0 Å². The van der Waals surface area contributed by atoms with Gasteiger partial charge in [-0.2, -0.15) is 0 Å². The summed E-state index contributed by atoms with van der Waals surface area (Å²) in [6.45, 7) is 0.622. The lowest BCUT2D eigenvalue weighted by Gasteiger charge is -2.11. The van der Waals surface area contributed by atoms with Gasteiger partial charge in [0.05, 0.1) is 5.52 Å². The minimum absolute atomic E-state index is 0.458. The van der Waals surface area contributed by atoms with Crippen molar-refractivity contribution < 1.29 is 4.79 Å². The maximum atomic E-state index is 11.9. The van der Waals surface area contributed by atoms with E-state index in [0.29, 0.717) is 17.9 Å². The molecule has 0 radical (unpaired) electrons. The SMILES string of the molecule is CN(C)CC=C(C(N)=O)c1ccc2ncnc(Nc3ccccc3)c2c1. The van der Waals surface area contributed by atoms with Crippen LogP contribution in [0.25, 0.3) is 16.5 Å². The summed E-state index contributed by atoms with van der Waals surface area (Å²) < 4.78 is 0. The van der Waals surface area contributed by atoms with Gasteiger partial charge >= 0.3 is 0 Å². The molecule has 0 atom stereocenters. The number of amides is 1. The number of carbonyl (C=O) groups is 1. The number of nitrogens with one attached hydrogen (secondary N) is 1. The van der Waals surface area contributed by atoms with Crippen LogP contribution in [0.2, 0.25) is 0 Å². The van der Waals surface area contributed by atoms with Gasteiger partial charge in [-0.3, -0.25) is 4.79 Å². The predicted octanol–water partition coefficient (Wildman–Crippen LogP) is 2.80. The molecule has 2 aromatic carbocycles. The van der Waals surface area contributed by atoms with Gasteiger partial charge < -0.3 is 16.0 Å². The minimum atomic E-state index is -0.458. The van der Waals surface area contributed by atoms with E-state index in [1.54, 1.807) is 0 Å². The number of carbonyl (C=O) groups excluding carboxylic acids is 1. The van der Waals surface area contributed by atoms with Crippen molar-refractivity contribution in [2.75, 3.05) is 26.0 Å². The second kappa shape index (κ2) is 7.76. The number of para-hydroxylation sites is 1. The van der Waals surface area contributed by atoms with Crippen molar-refractivity contribution in [3.8, 4) is 0 Å². The normalized spacial score (nSPS) is 11.7. The molecule has 0 saturated carbocycles. The quantitative estimate of drug-likeness (QED) is 0.670. The summed E-state index contributed by atoms with van der Waals surface area (Å²) in [5, 5.41) is 4.12. The van der Waals surface area contributed by atoms with E-state index in [-0.39, 0.29) is 0 Å². The van der Waals surface area contributed by atoms with Crippen LogP contribution in [0.1, 0.15) is 5.56 Å². The van der Waals surface area contributed by atoms with Crippen molar-refractivity contribution in [1.82, 2.24) is 14.9 Å². The molecule has 6 heteroatoms. The first-order valence-corrected chi connectivity index (χ1v) is 8.26. The lowest BCUT2D eigenvalue weighted by atomic mass is 10.0. The van der Waals surface area contributed by atoms with E-state index in [9.17, 15) is 4.79 Å². The van der Waals surface area contributed by atoms with Gasteiger partial charge in [-0.05, 0) is 43.9 Å². The highest BCUT2D eigenvalue weighted by Gasteiger charge is 2.11. The van der Waals surface area contributed by atoms with Crippen LogP contribution in [0.3, 0.4) is 0 Å². The Kier molecular flexibility index (Phi) is 5.24. The molecule has 132 valence electrons. The highest BCUT2D eigenvalue weighted by molar-refractivity contribution is 6.19. The molecule has 6 nitrogen and oxygen atoms in total. The molecule has 26 heavy (non-hydrogen) atoms. The average Bonchev–Trinajstić information content (AvgIpc) is 2.62. The van der Waals surface area contributed by atoms with Crippen LogP contribution in [0.15, 0.2) is 60.9 Å². The molecule has 3 N–H and O–H groups in total. The van der Waals surface area contributed by atoms with E-state index in [1.807, 2.05) is 73.6 Å². The Bertz CT molecular complexity index is 951. The van der Waals surface area contributed by atoms with Crippen molar-refractivity contribution in [2.24, 2.45) is 5.73 Å². The monoisotopic (exact) mass is 347 g/mol. The Labute approximate surface area is 152 Å². The first-order chi connectivity index (χ1) is 12.5. The molecule has 0 unspecified atom stereocenters. The predicted molar refractivity (Wildman–Crippen MR) is 105 cm³/mol. The molecule has 1 amide bonds. The largest absolute Gasteiger partial charge is 0.366 e. The Morgan fingerprint density at radius 1 is 1.15 bits per heavy atom. The molecule has 0 fully saturated rings. The zero-order valence-corrected chi connectivity index (χ0v) is 14.8. The maximum absolute atomic E-state index is 11.9. The fraction of sp³-hybridized carbons (Fsp3) is 0.150. The smallest absolute Gasteiger partial charge is 0.249 e. The molecule has 1 aromatic heterocycles. The molecule has 3 aromatic rings. The molecule has 0 bridgehead atoms. The van der Waals surface area contributed by atoms with E-state index >= 15 is 0 Å². The number of hydrogen-bond donors (Lipinski definition) is 2. The lowest BCUT2D eigenvalue weighted by molar-refractivity contribution is -0.112. The van der Waals surface area contributed by atoms with Crippen molar-refractivity contribution in [3.05, 3.63) is 66.5 Å².